The molecule has 1 heterocycles. The van der Waals surface area contributed by atoms with Crippen LogP contribution in [-0.4, -0.2) is 31.9 Å². The molecule has 2 aromatic carbocycles. The van der Waals surface area contributed by atoms with Crippen LogP contribution in [0.15, 0.2) is 42.5 Å². The van der Waals surface area contributed by atoms with Crippen molar-refractivity contribution < 1.29 is 4.92 Å². The number of rotatable bonds is 6. The summed E-state index contributed by atoms with van der Waals surface area (Å²) in [7, 11) is 5.67. The molecule has 0 fully saturated rings. The Morgan fingerprint density at radius 3 is 2.44 bits per heavy atom. The molecule has 3 rings (SSSR count). The van der Waals surface area contributed by atoms with Crippen LogP contribution in [0.3, 0.4) is 0 Å². The third-order valence-corrected chi connectivity index (χ3v) is 5.02. The van der Waals surface area contributed by atoms with E-state index in [0.717, 1.165) is 40.1 Å². The van der Waals surface area contributed by atoms with Gasteiger partial charge in [-0.3, -0.25) is 20.7 Å². The van der Waals surface area contributed by atoms with Crippen molar-refractivity contribution in [3.63, 3.8) is 0 Å². The number of nitro benzene ring substituents is 1. The van der Waals surface area contributed by atoms with Crippen LogP contribution in [-0.2, 0) is 6.42 Å². The molecule has 0 atom stereocenters. The van der Waals surface area contributed by atoms with E-state index in [2.05, 4.69) is 46.4 Å². The first-order valence-corrected chi connectivity index (χ1v) is 8.95. The Morgan fingerprint density at radius 2 is 1.85 bits per heavy atom. The van der Waals surface area contributed by atoms with E-state index < -0.39 is 5.79 Å². The highest BCUT2D eigenvalue weighted by Gasteiger charge is 2.31. The fourth-order valence-electron chi connectivity index (χ4n) is 3.44. The number of nitrogens with zero attached hydrogens (tertiary/aromatic N) is 1. The Balaban J connectivity index is 2.19. The van der Waals surface area contributed by atoms with Gasteiger partial charge in [0.05, 0.1) is 4.92 Å². The van der Waals surface area contributed by atoms with Crippen molar-refractivity contribution in [3.05, 3.63) is 63.7 Å². The number of non-ortho nitro benzene ring substituents is 1. The normalized spacial score (nSPS) is 14.7. The standard InChI is InChI=1S/C20H25N5O2/c1-5-13-9-15(14-7-6-8-16(10-14)25(26)27)11-17-18(21-2)12-20(22-3,23-4)24-19(13)17/h6-12,21-24H,5H2,1-4H3. The minimum Gasteiger partial charge on any atom is -0.388 e. The molecular formula is C20H25N5O2. The Hall–Kier alpha value is -2.90. The van der Waals surface area contributed by atoms with Gasteiger partial charge in [-0.1, -0.05) is 19.1 Å². The van der Waals surface area contributed by atoms with E-state index in [-0.39, 0.29) is 10.6 Å². The number of benzene rings is 2. The molecule has 4 N–H and O–H groups in total. The Kier molecular flexibility index (Phi) is 5.16. The monoisotopic (exact) mass is 367 g/mol. The van der Waals surface area contributed by atoms with Gasteiger partial charge < -0.3 is 10.6 Å². The van der Waals surface area contributed by atoms with Gasteiger partial charge in [0, 0.05) is 36.1 Å². The number of hydrogen-bond acceptors (Lipinski definition) is 6. The number of likely N-dealkylation sites (N-methyl/N-ethyl adjacent to an activating group) is 2. The first-order chi connectivity index (χ1) is 13.0. The molecule has 7 nitrogen and oxygen atoms in total. The first-order valence-electron chi connectivity index (χ1n) is 8.95. The lowest BCUT2D eigenvalue weighted by atomic mass is 9.92. The number of aryl methyl sites for hydroxylation is 1. The van der Waals surface area contributed by atoms with E-state index in [1.807, 2.05) is 27.2 Å². The molecular weight excluding hydrogens is 342 g/mol. The zero-order valence-corrected chi connectivity index (χ0v) is 16.0. The van der Waals surface area contributed by atoms with E-state index in [9.17, 15) is 10.1 Å². The fourth-order valence-corrected chi connectivity index (χ4v) is 3.44. The summed E-state index contributed by atoms with van der Waals surface area (Å²) in [5.74, 6) is -0.553. The molecule has 2 aromatic rings. The number of nitrogens with one attached hydrogen (secondary N) is 4. The van der Waals surface area contributed by atoms with E-state index in [1.54, 1.807) is 12.1 Å². The van der Waals surface area contributed by atoms with Gasteiger partial charge >= 0.3 is 0 Å². The Bertz CT molecular complexity index is 903. The number of fused-ring (bicyclic) bond motifs is 1. The van der Waals surface area contributed by atoms with Crippen molar-refractivity contribution in [2.45, 2.75) is 19.1 Å². The second-order valence-electron chi connectivity index (χ2n) is 6.46. The second kappa shape index (κ2) is 7.38. The molecule has 0 saturated carbocycles. The van der Waals surface area contributed by atoms with E-state index in [0.29, 0.717) is 0 Å². The summed E-state index contributed by atoms with van der Waals surface area (Å²) in [6, 6.07) is 10.9. The minimum atomic E-state index is -0.553. The third kappa shape index (κ3) is 3.39. The van der Waals surface area contributed by atoms with Crippen LogP contribution in [0.5, 0.6) is 0 Å². The maximum atomic E-state index is 11.1. The lowest BCUT2D eigenvalue weighted by Crippen LogP contribution is -2.60. The molecule has 0 saturated heterocycles. The SMILES string of the molecule is CCc1cc(-c2cccc([N+](=O)[O-])c2)cc2c1NC(NC)(NC)C=C2NC. The highest BCUT2D eigenvalue weighted by atomic mass is 16.6. The van der Waals surface area contributed by atoms with E-state index >= 15 is 0 Å². The first kappa shape index (κ1) is 18.9. The molecule has 7 heteroatoms. The van der Waals surface area contributed by atoms with Gasteiger partial charge in [0.25, 0.3) is 5.69 Å². The highest BCUT2D eigenvalue weighted by Crippen LogP contribution is 2.38. The predicted octanol–water partition coefficient (Wildman–Crippen LogP) is 2.90. The quantitative estimate of drug-likeness (QED) is 0.357. The summed E-state index contributed by atoms with van der Waals surface area (Å²) in [5.41, 5.74) is 6.09. The average Bonchev–Trinajstić information content (AvgIpc) is 2.72. The topological polar surface area (TPSA) is 91.3 Å². The van der Waals surface area contributed by atoms with Crippen LogP contribution in [0.1, 0.15) is 18.1 Å². The average molecular weight is 367 g/mol. The maximum Gasteiger partial charge on any atom is 0.270 e. The number of nitro groups is 1. The van der Waals surface area contributed by atoms with Crippen molar-refractivity contribution >= 4 is 17.1 Å². The Labute approximate surface area is 159 Å². The summed E-state index contributed by atoms with van der Waals surface area (Å²) < 4.78 is 0. The van der Waals surface area contributed by atoms with Crippen molar-refractivity contribution in [3.8, 4) is 11.1 Å². The van der Waals surface area contributed by atoms with Crippen LogP contribution in [0, 0.1) is 10.1 Å². The lowest BCUT2D eigenvalue weighted by Gasteiger charge is -2.38. The molecule has 0 amide bonds. The van der Waals surface area contributed by atoms with Crippen molar-refractivity contribution in [2.75, 3.05) is 26.5 Å². The van der Waals surface area contributed by atoms with Crippen molar-refractivity contribution in [2.24, 2.45) is 0 Å². The molecule has 142 valence electrons. The van der Waals surface area contributed by atoms with Crippen molar-refractivity contribution in [1.29, 1.82) is 0 Å². The van der Waals surface area contributed by atoms with Gasteiger partial charge in [-0.25, -0.2) is 0 Å². The van der Waals surface area contributed by atoms with Crippen LogP contribution in [0.25, 0.3) is 16.8 Å². The fraction of sp³-hybridized carbons (Fsp3) is 0.300. The lowest BCUT2D eigenvalue weighted by molar-refractivity contribution is -0.384. The molecule has 0 bridgehead atoms. The molecule has 0 spiro atoms. The predicted molar refractivity (Wildman–Crippen MR) is 109 cm³/mol. The summed E-state index contributed by atoms with van der Waals surface area (Å²) in [4.78, 5) is 10.8. The molecule has 0 aromatic heterocycles. The second-order valence-corrected chi connectivity index (χ2v) is 6.46. The number of anilines is 1. The molecule has 0 radical (unpaired) electrons. The molecule has 0 aliphatic carbocycles. The summed E-state index contributed by atoms with van der Waals surface area (Å²) >= 11 is 0. The molecule has 27 heavy (non-hydrogen) atoms. The molecule has 1 aliphatic heterocycles. The van der Waals surface area contributed by atoms with Crippen LogP contribution in [0.4, 0.5) is 11.4 Å². The minimum absolute atomic E-state index is 0.0927. The summed E-state index contributed by atoms with van der Waals surface area (Å²) in [6.45, 7) is 2.10. The van der Waals surface area contributed by atoms with Crippen molar-refractivity contribution in [1.82, 2.24) is 16.0 Å². The van der Waals surface area contributed by atoms with Gasteiger partial charge in [-0.05, 0) is 55.4 Å². The number of hydrogen-bond donors (Lipinski definition) is 4. The van der Waals surface area contributed by atoms with Crippen LogP contribution >= 0.6 is 0 Å². The smallest absolute Gasteiger partial charge is 0.270 e. The van der Waals surface area contributed by atoms with Gasteiger partial charge in [0.2, 0.25) is 0 Å². The largest absolute Gasteiger partial charge is 0.388 e. The van der Waals surface area contributed by atoms with Crippen LogP contribution in [0.2, 0.25) is 0 Å². The Morgan fingerprint density at radius 1 is 1.11 bits per heavy atom. The van der Waals surface area contributed by atoms with Gasteiger partial charge in [-0.15, -0.1) is 0 Å². The zero-order valence-electron chi connectivity index (χ0n) is 16.0. The third-order valence-electron chi connectivity index (χ3n) is 5.02. The van der Waals surface area contributed by atoms with Gasteiger partial charge in [0.15, 0.2) is 5.79 Å². The van der Waals surface area contributed by atoms with Gasteiger partial charge in [0.1, 0.15) is 0 Å². The van der Waals surface area contributed by atoms with E-state index in [4.69, 9.17) is 0 Å². The zero-order chi connectivity index (χ0) is 19.6. The summed E-state index contributed by atoms with van der Waals surface area (Å²) in [6.07, 6.45) is 2.89. The highest BCUT2D eigenvalue weighted by molar-refractivity contribution is 5.86. The maximum absolute atomic E-state index is 11.1. The molecule has 0 unspecified atom stereocenters. The summed E-state index contributed by atoms with van der Waals surface area (Å²) in [5, 5.41) is 24.5. The van der Waals surface area contributed by atoms with E-state index in [1.165, 1.54) is 6.07 Å². The molecule has 1 aliphatic rings. The van der Waals surface area contributed by atoms with Gasteiger partial charge in [-0.2, -0.15) is 0 Å². The van der Waals surface area contributed by atoms with Crippen LogP contribution < -0.4 is 21.3 Å².